The number of sulfonamides is 1. The summed E-state index contributed by atoms with van der Waals surface area (Å²) in [6.07, 6.45) is 2.66. The number of halogens is 1. The van der Waals surface area contributed by atoms with E-state index in [4.69, 9.17) is 11.6 Å². The minimum absolute atomic E-state index is 0.112. The Morgan fingerprint density at radius 2 is 1.71 bits per heavy atom. The summed E-state index contributed by atoms with van der Waals surface area (Å²) in [7, 11) is -3.68. The summed E-state index contributed by atoms with van der Waals surface area (Å²) in [6.45, 7) is 1.23. The first-order chi connectivity index (χ1) is 14.8. The summed E-state index contributed by atoms with van der Waals surface area (Å²) in [5.41, 5.74) is 1.44. The lowest BCUT2D eigenvalue weighted by Gasteiger charge is -2.31. The molecular formula is C22H24ClN3O4S. The van der Waals surface area contributed by atoms with E-state index >= 15 is 0 Å². The quantitative estimate of drug-likeness (QED) is 0.738. The molecule has 0 saturated carbocycles. The predicted molar refractivity (Wildman–Crippen MR) is 120 cm³/mol. The lowest BCUT2D eigenvalue weighted by molar-refractivity contribution is -0.121. The van der Waals surface area contributed by atoms with Gasteiger partial charge in [0.1, 0.15) is 0 Å². The number of carbonyl (C=O) groups is 2. The van der Waals surface area contributed by atoms with Crippen molar-refractivity contribution in [3.63, 3.8) is 0 Å². The molecular weight excluding hydrogens is 438 g/mol. The summed E-state index contributed by atoms with van der Waals surface area (Å²) in [4.78, 5) is 26.6. The fourth-order valence-corrected chi connectivity index (χ4v) is 5.67. The van der Waals surface area contributed by atoms with Crippen molar-refractivity contribution in [2.75, 3.05) is 29.9 Å². The third-order valence-corrected chi connectivity index (χ3v) is 7.86. The zero-order valence-corrected chi connectivity index (χ0v) is 18.5. The van der Waals surface area contributed by atoms with Crippen LogP contribution in [-0.4, -0.2) is 44.2 Å². The maximum absolute atomic E-state index is 12.9. The molecule has 2 aliphatic heterocycles. The summed E-state index contributed by atoms with van der Waals surface area (Å²) < 4.78 is 27.2. The molecule has 0 spiro atoms. The van der Waals surface area contributed by atoms with Crippen molar-refractivity contribution < 1.29 is 18.0 Å². The van der Waals surface area contributed by atoms with Crippen LogP contribution >= 0.6 is 11.6 Å². The average molecular weight is 462 g/mol. The van der Waals surface area contributed by atoms with Crippen LogP contribution in [0.4, 0.5) is 11.4 Å². The highest BCUT2D eigenvalue weighted by Crippen LogP contribution is 2.27. The van der Waals surface area contributed by atoms with E-state index in [-0.39, 0.29) is 23.3 Å². The van der Waals surface area contributed by atoms with E-state index < -0.39 is 15.9 Å². The van der Waals surface area contributed by atoms with Gasteiger partial charge in [-0.05, 0) is 67.8 Å². The summed E-state index contributed by atoms with van der Waals surface area (Å²) in [5.74, 6) is -0.530. The standard InChI is InChI=1S/C22H24ClN3O4S/c23-17-5-11-20(12-6-17)31(29,30)25-13-1-3-16(15-25)22(28)24-18-7-9-19(10-8-18)26-14-2-4-21(26)27/h5-12,16H,1-4,13-15H2,(H,24,28)/t16-/m1/s1. The second-order valence-electron chi connectivity index (χ2n) is 7.84. The van der Waals surface area contributed by atoms with Gasteiger partial charge in [-0.15, -0.1) is 0 Å². The molecule has 2 aromatic carbocycles. The molecule has 1 atom stereocenters. The van der Waals surface area contributed by atoms with Crippen LogP contribution in [0.2, 0.25) is 5.02 Å². The van der Waals surface area contributed by atoms with Crippen molar-refractivity contribution in [2.24, 2.45) is 5.92 Å². The van der Waals surface area contributed by atoms with E-state index in [9.17, 15) is 18.0 Å². The van der Waals surface area contributed by atoms with E-state index in [0.717, 1.165) is 12.1 Å². The molecule has 0 aliphatic carbocycles. The lowest BCUT2D eigenvalue weighted by Crippen LogP contribution is -2.43. The van der Waals surface area contributed by atoms with Gasteiger partial charge in [0.05, 0.1) is 10.8 Å². The second kappa shape index (κ2) is 8.98. The van der Waals surface area contributed by atoms with Crippen LogP contribution < -0.4 is 10.2 Å². The number of nitrogens with zero attached hydrogens (tertiary/aromatic N) is 2. The SMILES string of the molecule is O=C(Nc1ccc(N2CCCC2=O)cc1)[C@@H]1CCCN(S(=O)(=O)c2ccc(Cl)cc2)C1. The van der Waals surface area contributed by atoms with Gasteiger partial charge in [0.15, 0.2) is 0 Å². The predicted octanol–water partition coefficient (Wildman–Crippen LogP) is 3.51. The summed E-state index contributed by atoms with van der Waals surface area (Å²) in [6, 6.07) is 13.2. The fourth-order valence-electron chi connectivity index (χ4n) is 4.02. The zero-order valence-electron chi connectivity index (χ0n) is 17.0. The number of hydrogen-bond acceptors (Lipinski definition) is 4. The molecule has 2 aromatic rings. The third kappa shape index (κ3) is 4.76. The summed E-state index contributed by atoms with van der Waals surface area (Å²) in [5, 5.41) is 3.35. The van der Waals surface area contributed by atoms with E-state index in [1.165, 1.54) is 16.4 Å². The number of piperidine rings is 1. The topological polar surface area (TPSA) is 86.8 Å². The molecule has 2 heterocycles. The van der Waals surface area contributed by atoms with Crippen LogP contribution in [0.25, 0.3) is 0 Å². The van der Waals surface area contributed by atoms with Gasteiger partial charge in [-0.3, -0.25) is 9.59 Å². The molecule has 0 aromatic heterocycles. The van der Waals surface area contributed by atoms with Crippen LogP contribution in [0.3, 0.4) is 0 Å². The number of anilines is 2. The maximum Gasteiger partial charge on any atom is 0.243 e. The van der Waals surface area contributed by atoms with Crippen LogP contribution in [0.5, 0.6) is 0 Å². The van der Waals surface area contributed by atoms with Gasteiger partial charge in [0.25, 0.3) is 0 Å². The Labute approximate surface area is 187 Å². The minimum atomic E-state index is -3.68. The molecule has 31 heavy (non-hydrogen) atoms. The number of benzene rings is 2. The molecule has 1 N–H and O–H groups in total. The monoisotopic (exact) mass is 461 g/mol. The van der Waals surface area contributed by atoms with Gasteiger partial charge in [0.2, 0.25) is 21.8 Å². The molecule has 0 bridgehead atoms. The first kappa shape index (κ1) is 21.8. The number of rotatable bonds is 5. The van der Waals surface area contributed by atoms with Crippen LogP contribution in [-0.2, 0) is 19.6 Å². The molecule has 4 rings (SSSR count). The van der Waals surface area contributed by atoms with Gasteiger partial charge < -0.3 is 10.2 Å². The molecule has 2 aliphatic rings. The number of hydrogen-bond donors (Lipinski definition) is 1. The molecule has 2 amide bonds. The molecule has 2 fully saturated rings. The average Bonchev–Trinajstić information content (AvgIpc) is 3.20. The van der Waals surface area contributed by atoms with Crippen molar-refractivity contribution in [2.45, 2.75) is 30.6 Å². The Morgan fingerprint density at radius 1 is 1.00 bits per heavy atom. The molecule has 0 unspecified atom stereocenters. The fraction of sp³-hybridized carbons (Fsp3) is 0.364. The highest BCUT2D eigenvalue weighted by atomic mass is 35.5. The molecule has 0 radical (unpaired) electrons. The Kier molecular flexibility index (Phi) is 6.31. The van der Waals surface area contributed by atoms with Gasteiger partial charge in [0, 0.05) is 42.5 Å². The lowest BCUT2D eigenvalue weighted by atomic mass is 9.98. The second-order valence-corrected chi connectivity index (χ2v) is 10.2. The molecule has 9 heteroatoms. The van der Waals surface area contributed by atoms with E-state index in [1.807, 2.05) is 12.1 Å². The molecule has 164 valence electrons. The van der Waals surface area contributed by atoms with Gasteiger partial charge in [-0.25, -0.2) is 8.42 Å². The van der Waals surface area contributed by atoms with Crippen LogP contribution in [0.15, 0.2) is 53.4 Å². The number of carbonyl (C=O) groups excluding carboxylic acids is 2. The van der Waals surface area contributed by atoms with Crippen molar-refractivity contribution in [1.82, 2.24) is 4.31 Å². The Bertz CT molecular complexity index is 1070. The largest absolute Gasteiger partial charge is 0.326 e. The highest BCUT2D eigenvalue weighted by molar-refractivity contribution is 7.89. The van der Waals surface area contributed by atoms with Gasteiger partial charge in [-0.2, -0.15) is 4.31 Å². The van der Waals surface area contributed by atoms with Crippen LogP contribution in [0, 0.1) is 5.92 Å². The smallest absolute Gasteiger partial charge is 0.243 e. The summed E-state index contributed by atoms with van der Waals surface area (Å²) >= 11 is 5.86. The first-order valence-electron chi connectivity index (χ1n) is 10.3. The Morgan fingerprint density at radius 3 is 2.35 bits per heavy atom. The van der Waals surface area contributed by atoms with Crippen molar-refractivity contribution >= 4 is 44.8 Å². The maximum atomic E-state index is 12.9. The minimum Gasteiger partial charge on any atom is -0.326 e. The van der Waals surface area contributed by atoms with Crippen LogP contribution in [0.1, 0.15) is 25.7 Å². The third-order valence-electron chi connectivity index (χ3n) is 5.73. The van der Waals surface area contributed by atoms with Crippen molar-refractivity contribution in [1.29, 1.82) is 0 Å². The van der Waals surface area contributed by atoms with Gasteiger partial charge in [-0.1, -0.05) is 11.6 Å². The van der Waals surface area contributed by atoms with Gasteiger partial charge >= 0.3 is 0 Å². The molecule has 7 nitrogen and oxygen atoms in total. The highest BCUT2D eigenvalue weighted by Gasteiger charge is 2.33. The normalized spacial score (nSPS) is 20.1. The number of amides is 2. The molecule has 2 saturated heterocycles. The van der Waals surface area contributed by atoms with E-state index in [2.05, 4.69) is 5.32 Å². The Hall–Kier alpha value is -2.42. The van der Waals surface area contributed by atoms with E-state index in [0.29, 0.717) is 43.1 Å². The first-order valence-corrected chi connectivity index (χ1v) is 12.1. The van der Waals surface area contributed by atoms with Crippen molar-refractivity contribution in [3.05, 3.63) is 53.6 Å². The van der Waals surface area contributed by atoms with Crippen molar-refractivity contribution in [3.8, 4) is 0 Å². The Balaban J connectivity index is 1.41. The zero-order chi connectivity index (χ0) is 22.0. The number of nitrogens with one attached hydrogen (secondary N) is 1. The van der Waals surface area contributed by atoms with E-state index in [1.54, 1.807) is 29.2 Å².